The number of hydrogen-bond acceptors (Lipinski definition) is 4. The van der Waals surface area contributed by atoms with Gasteiger partial charge in [0.1, 0.15) is 12.6 Å². The molecule has 3 aromatic rings. The summed E-state index contributed by atoms with van der Waals surface area (Å²) in [5.74, 6) is -0.922. The van der Waals surface area contributed by atoms with Gasteiger partial charge < -0.3 is 10.2 Å². The average Bonchev–Trinajstić information content (AvgIpc) is 2.87. The maximum absolute atomic E-state index is 14.1. The van der Waals surface area contributed by atoms with Gasteiger partial charge in [0.25, 0.3) is 10.0 Å². The number of nitrogens with zero attached hydrogens (tertiary/aromatic N) is 2. The molecule has 0 aliphatic rings. The molecule has 0 aliphatic carbocycles. The quantitative estimate of drug-likeness (QED) is 0.261. The van der Waals surface area contributed by atoms with E-state index >= 15 is 0 Å². The molecule has 0 aliphatic heterocycles. The third-order valence-corrected chi connectivity index (χ3v) is 8.81. The first kappa shape index (κ1) is 31.9. The first-order chi connectivity index (χ1) is 18.7. The zero-order chi connectivity index (χ0) is 29.7. The van der Waals surface area contributed by atoms with Crippen molar-refractivity contribution in [3.8, 4) is 0 Å². The normalized spacial score (nSPS) is 12.5. The van der Waals surface area contributed by atoms with Crippen molar-refractivity contribution in [3.63, 3.8) is 0 Å². The van der Waals surface area contributed by atoms with E-state index in [-0.39, 0.29) is 17.3 Å². The van der Waals surface area contributed by atoms with Crippen molar-refractivity contribution in [2.24, 2.45) is 0 Å². The molecule has 0 aromatic heterocycles. The number of carbonyl (C=O) groups excluding carboxylic acids is 2. The molecule has 0 radical (unpaired) electrons. The molecule has 0 heterocycles. The maximum Gasteiger partial charge on any atom is 0.264 e. The lowest BCUT2D eigenvalue weighted by molar-refractivity contribution is -0.141. The van der Waals surface area contributed by atoms with Crippen molar-refractivity contribution in [3.05, 3.63) is 92.9 Å². The molecule has 0 fully saturated rings. The zero-order valence-corrected chi connectivity index (χ0v) is 26.6. The van der Waals surface area contributed by atoms with Crippen LogP contribution in [0.15, 0.2) is 82.2 Å². The Labute approximate surface area is 254 Å². The Morgan fingerprint density at radius 2 is 1.65 bits per heavy atom. The molecule has 3 rings (SSSR count). The van der Waals surface area contributed by atoms with E-state index in [1.165, 1.54) is 17.0 Å². The van der Waals surface area contributed by atoms with Gasteiger partial charge in [0, 0.05) is 26.6 Å². The predicted molar refractivity (Wildman–Crippen MR) is 164 cm³/mol. The lowest BCUT2D eigenvalue weighted by atomic mass is 10.1. The highest BCUT2D eigenvalue weighted by atomic mass is 79.9. The first-order valence-corrected chi connectivity index (χ1v) is 15.6. The number of amides is 2. The van der Waals surface area contributed by atoms with Crippen molar-refractivity contribution < 1.29 is 18.0 Å². The summed E-state index contributed by atoms with van der Waals surface area (Å²) in [6, 6.07) is 18.6. The molecule has 1 N–H and O–H groups in total. The Bertz CT molecular complexity index is 1460. The molecule has 0 spiro atoms. The van der Waals surface area contributed by atoms with Crippen molar-refractivity contribution in [2.75, 3.05) is 10.8 Å². The summed E-state index contributed by atoms with van der Waals surface area (Å²) in [5.41, 5.74) is 0.320. The summed E-state index contributed by atoms with van der Waals surface area (Å²) in [7, 11) is -4.15. The summed E-state index contributed by atoms with van der Waals surface area (Å²) in [6.07, 6.45) is 0.293. The van der Waals surface area contributed by atoms with Gasteiger partial charge in [0.2, 0.25) is 11.8 Å². The standard InChI is InChI=1S/C29H32BrCl2N3O4S/c1-5-26(28(37)33-29(2,3)4)34(18-20-14-15-22(31)17-25(20)32)27(36)19-35(23-11-9-10-21(30)16-23)40(38,39)24-12-7-6-8-13-24/h6-17,26H,5,18-19H2,1-4H3,(H,33,37)/t26-/m0/s1. The monoisotopic (exact) mass is 667 g/mol. The van der Waals surface area contributed by atoms with E-state index in [0.717, 1.165) is 4.31 Å². The fraction of sp³-hybridized carbons (Fsp3) is 0.310. The van der Waals surface area contributed by atoms with Gasteiger partial charge in [0.15, 0.2) is 0 Å². The molecular weight excluding hydrogens is 637 g/mol. The maximum atomic E-state index is 14.1. The number of nitrogens with one attached hydrogen (secondary N) is 1. The van der Waals surface area contributed by atoms with E-state index in [4.69, 9.17) is 23.2 Å². The van der Waals surface area contributed by atoms with Crippen molar-refractivity contribution >= 4 is 66.7 Å². The van der Waals surface area contributed by atoms with Crippen LogP contribution in [-0.2, 0) is 26.2 Å². The Hall–Kier alpha value is -2.59. The average molecular weight is 669 g/mol. The van der Waals surface area contributed by atoms with Crippen molar-refractivity contribution in [1.82, 2.24) is 10.2 Å². The number of sulfonamides is 1. The predicted octanol–water partition coefficient (Wildman–Crippen LogP) is 6.67. The third-order valence-electron chi connectivity index (χ3n) is 5.95. The van der Waals surface area contributed by atoms with Crippen LogP contribution >= 0.6 is 39.1 Å². The molecule has 0 unspecified atom stereocenters. The van der Waals surface area contributed by atoms with Gasteiger partial charge in [-0.05, 0) is 75.2 Å². The van der Waals surface area contributed by atoms with Gasteiger partial charge in [-0.15, -0.1) is 0 Å². The van der Waals surface area contributed by atoms with Gasteiger partial charge in [-0.1, -0.05) is 76.4 Å². The summed E-state index contributed by atoms with van der Waals surface area (Å²) in [5, 5.41) is 3.70. The third kappa shape index (κ3) is 8.22. The molecule has 214 valence electrons. The van der Waals surface area contributed by atoms with Gasteiger partial charge in [0.05, 0.1) is 10.6 Å². The number of halogens is 3. The van der Waals surface area contributed by atoms with Crippen LogP contribution in [0.5, 0.6) is 0 Å². The van der Waals surface area contributed by atoms with Crippen LogP contribution in [0.25, 0.3) is 0 Å². The smallest absolute Gasteiger partial charge is 0.264 e. The summed E-state index contributed by atoms with van der Waals surface area (Å²) in [6.45, 7) is 6.77. The van der Waals surface area contributed by atoms with E-state index in [1.54, 1.807) is 67.6 Å². The fourth-order valence-electron chi connectivity index (χ4n) is 4.09. The Balaban J connectivity index is 2.09. The molecule has 3 aromatic carbocycles. The van der Waals surface area contributed by atoms with E-state index in [1.807, 2.05) is 20.8 Å². The van der Waals surface area contributed by atoms with E-state index in [2.05, 4.69) is 21.2 Å². The van der Waals surface area contributed by atoms with Crippen molar-refractivity contribution in [2.45, 2.75) is 57.1 Å². The molecule has 11 heteroatoms. The van der Waals surface area contributed by atoms with Gasteiger partial charge in [-0.2, -0.15) is 0 Å². The number of carbonyl (C=O) groups is 2. The zero-order valence-electron chi connectivity index (χ0n) is 22.7. The molecule has 7 nitrogen and oxygen atoms in total. The van der Waals surface area contributed by atoms with Crippen LogP contribution in [0.1, 0.15) is 39.7 Å². The summed E-state index contributed by atoms with van der Waals surface area (Å²) >= 11 is 15.9. The molecular formula is C29H32BrCl2N3O4S. The SMILES string of the molecule is CC[C@@H](C(=O)NC(C)(C)C)N(Cc1ccc(Cl)cc1Cl)C(=O)CN(c1cccc(Br)c1)S(=O)(=O)c1ccccc1. The van der Waals surface area contributed by atoms with E-state index < -0.39 is 34.1 Å². The second-order valence-corrected chi connectivity index (χ2v) is 13.8. The minimum absolute atomic E-state index is 0.0252. The number of anilines is 1. The number of benzene rings is 3. The van der Waals surface area contributed by atoms with Crippen LogP contribution < -0.4 is 9.62 Å². The molecule has 0 saturated heterocycles. The first-order valence-electron chi connectivity index (χ1n) is 12.6. The van der Waals surface area contributed by atoms with E-state index in [9.17, 15) is 18.0 Å². The molecule has 0 saturated carbocycles. The van der Waals surface area contributed by atoms with E-state index in [0.29, 0.717) is 32.2 Å². The highest BCUT2D eigenvalue weighted by Gasteiger charge is 2.35. The Morgan fingerprint density at radius 3 is 2.23 bits per heavy atom. The summed E-state index contributed by atoms with van der Waals surface area (Å²) in [4.78, 5) is 28.9. The lowest BCUT2D eigenvalue weighted by Crippen LogP contribution is -2.55. The Kier molecular flexibility index (Phi) is 10.7. The molecule has 0 bridgehead atoms. The van der Waals surface area contributed by atoms with Gasteiger partial charge >= 0.3 is 0 Å². The number of rotatable bonds is 10. The van der Waals surface area contributed by atoms with Crippen LogP contribution in [0, 0.1) is 0 Å². The van der Waals surface area contributed by atoms with Crippen LogP contribution in [0.4, 0.5) is 5.69 Å². The molecule has 2 amide bonds. The largest absolute Gasteiger partial charge is 0.350 e. The van der Waals surface area contributed by atoms with Gasteiger partial charge in [-0.3, -0.25) is 13.9 Å². The molecule has 1 atom stereocenters. The second-order valence-electron chi connectivity index (χ2n) is 10.2. The topological polar surface area (TPSA) is 86.8 Å². The number of hydrogen-bond donors (Lipinski definition) is 1. The van der Waals surface area contributed by atoms with Crippen LogP contribution in [0.2, 0.25) is 10.0 Å². The minimum Gasteiger partial charge on any atom is -0.350 e. The van der Waals surface area contributed by atoms with Crippen molar-refractivity contribution in [1.29, 1.82) is 0 Å². The summed E-state index contributed by atoms with van der Waals surface area (Å²) < 4.78 is 29.4. The Morgan fingerprint density at radius 1 is 0.975 bits per heavy atom. The van der Waals surface area contributed by atoms with Gasteiger partial charge in [-0.25, -0.2) is 8.42 Å². The second kappa shape index (κ2) is 13.4. The van der Waals surface area contributed by atoms with Crippen LogP contribution in [0.3, 0.4) is 0 Å². The minimum atomic E-state index is -4.15. The van der Waals surface area contributed by atoms with Crippen LogP contribution in [-0.4, -0.2) is 43.3 Å². The lowest BCUT2D eigenvalue weighted by Gasteiger charge is -2.35. The molecule has 40 heavy (non-hydrogen) atoms. The highest BCUT2D eigenvalue weighted by molar-refractivity contribution is 9.10. The fourth-order valence-corrected chi connectivity index (χ4v) is 6.37. The highest BCUT2D eigenvalue weighted by Crippen LogP contribution is 2.28.